The van der Waals surface area contributed by atoms with Gasteiger partial charge in [-0.3, -0.25) is 0 Å². The lowest BCUT2D eigenvalue weighted by Crippen LogP contribution is -2.22. The molecule has 0 aliphatic carbocycles. The van der Waals surface area contributed by atoms with Gasteiger partial charge in [0.05, 0.1) is 11.5 Å². The fourth-order valence-electron chi connectivity index (χ4n) is 3.02. The van der Waals surface area contributed by atoms with Crippen molar-refractivity contribution in [3.05, 3.63) is 47.0 Å². The van der Waals surface area contributed by atoms with Crippen molar-refractivity contribution in [3.8, 4) is 0 Å². The number of nitrogens with zero attached hydrogens (tertiary/aromatic N) is 4. The average Bonchev–Trinajstić information content (AvgIpc) is 2.88. The van der Waals surface area contributed by atoms with Crippen LogP contribution in [0.4, 0.5) is 29.2 Å². The summed E-state index contributed by atoms with van der Waals surface area (Å²) in [6, 6.07) is 4.24. The summed E-state index contributed by atoms with van der Waals surface area (Å²) in [4.78, 5) is 8.36. The van der Waals surface area contributed by atoms with Gasteiger partial charge in [0.1, 0.15) is 17.5 Å². The number of hydrogen-bond donors (Lipinski definition) is 2. The number of nitrogen functional groups attached to an aromatic ring is 2. The first-order valence-electron chi connectivity index (χ1n) is 8.03. The fourth-order valence-corrected chi connectivity index (χ4v) is 3.02. The number of rotatable bonds is 2. The Bertz CT molecular complexity index is 1000. The van der Waals surface area contributed by atoms with Crippen molar-refractivity contribution in [2.75, 3.05) is 11.5 Å². The molecule has 144 valence electrons. The molecule has 3 rings (SSSR count). The van der Waals surface area contributed by atoms with E-state index in [0.717, 1.165) is 12.1 Å². The Morgan fingerprint density at radius 2 is 1.70 bits per heavy atom. The van der Waals surface area contributed by atoms with Crippen molar-refractivity contribution in [1.29, 1.82) is 0 Å². The fraction of sp³-hybridized carbons (Fsp3) is 0.353. The smallest absolute Gasteiger partial charge is 0.383 e. The van der Waals surface area contributed by atoms with E-state index in [1.165, 1.54) is 16.6 Å². The SMILES string of the molecule is CC(C)(C)[C@H](c1ccc(C(F)(F)F)c(F)c1)c1nc2nc(N)cc(N)n2n1. The first kappa shape index (κ1) is 18.9. The molecule has 0 unspecified atom stereocenters. The van der Waals surface area contributed by atoms with Gasteiger partial charge in [0.2, 0.25) is 0 Å². The van der Waals surface area contributed by atoms with Crippen LogP contribution in [0.5, 0.6) is 0 Å². The van der Waals surface area contributed by atoms with Gasteiger partial charge in [-0.15, -0.1) is 5.10 Å². The van der Waals surface area contributed by atoms with Gasteiger partial charge in [-0.2, -0.15) is 27.7 Å². The molecule has 4 N–H and O–H groups in total. The zero-order valence-electron chi connectivity index (χ0n) is 14.8. The third-order valence-electron chi connectivity index (χ3n) is 4.13. The minimum atomic E-state index is -4.77. The zero-order valence-corrected chi connectivity index (χ0v) is 14.8. The van der Waals surface area contributed by atoms with Crippen LogP contribution < -0.4 is 11.5 Å². The first-order chi connectivity index (χ1) is 12.4. The summed E-state index contributed by atoms with van der Waals surface area (Å²) < 4.78 is 54.0. The van der Waals surface area contributed by atoms with Gasteiger partial charge in [0.25, 0.3) is 5.78 Å². The van der Waals surface area contributed by atoms with Gasteiger partial charge in [0.15, 0.2) is 5.82 Å². The second-order valence-corrected chi connectivity index (χ2v) is 7.32. The van der Waals surface area contributed by atoms with Crippen LogP contribution in [-0.2, 0) is 6.18 Å². The number of anilines is 2. The molecule has 0 amide bonds. The molecule has 0 bridgehead atoms. The van der Waals surface area contributed by atoms with Crippen molar-refractivity contribution in [2.24, 2.45) is 5.41 Å². The molecule has 0 aliphatic heterocycles. The van der Waals surface area contributed by atoms with Crippen LogP contribution in [0.25, 0.3) is 5.78 Å². The average molecular weight is 382 g/mol. The summed E-state index contributed by atoms with van der Waals surface area (Å²) in [5, 5.41) is 4.32. The van der Waals surface area contributed by atoms with Crippen LogP contribution in [0.1, 0.15) is 43.6 Å². The Kier molecular flexibility index (Phi) is 4.24. The van der Waals surface area contributed by atoms with Crippen molar-refractivity contribution < 1.29 is 17.6 Å². The molecule has 0 saturated heterocycles. The van der Waals surface area contributed by atoms with E-state index in [9.17, 15) is 17.6 Å². The Morgan fingerprint density at radius 3 is 2.26 bits per heavy atom. The first-order valence-corrected chi connectivity index (χ1v) is 8.03. The lowest BCUT2D eigenvalue weighted by molar-refractivity contribution is -0.140. The van der Waals surface area contributed by atoms with Crippen LogP contribution in [0, 0.1) is 11.2 Å². The molecule has 0 fully saturated rings. The maximum atomic E-state index is 14.1. The zero-order chi connectivity index (χ0) is 20.1. The predicted octanol–water partition coefficient (Wildman–Crippen LogP) is 3.62. The van der Waals surface area contributed by atoms with Crippen molar-refractivity contribution in [1.82, 2.24) is 19.6 Å². The molecule has 0 saturated carbocycles. The molecule has 10 heteroatoms. The third kappa shape index (κ3) is 3.51. The van der Waals surface area contributed by atoms with E-state index in [0.29, 0.717) is 5.56 Å². The van der Waals surface area contributed by atoms with E-state index in [1.807, 2.05) is 20.8 Å². The molecule has 0 spiro atoms. The second kappa shape index (κ2) is 6.07. The second-order valence-electron chi connectivity index (χ2n) is 7.32. The molecule has 6 nitrogen and oxygen atoms in total. The van der Waals surface area contributed by atoms with Crippen LogP contribution in [0.2, 0.25) is 0 Å². The lowest BCUT2D eigenvalue weighted by atomic mass is 9.76. The number of benzene rings is 1. The largest absolute Gasteiger partial charge is 0.419 e. The summed E-state index contributed by atoms with van der Waals surface area (Å²) in [6.45, 7) is 5.55. The highest BCUT2D eigenvalue weighted by molar-refractivity contribution is 5.50. The molecular weight excluding hydrogens is 364 g/mol. The highest BCUT2D eigenvalue weighted by Gasteiger charge is 2.37. The van der Waals surface area contributed by atoms with E-state index in [4.69, 9.17) is 11.5 Å². The Balaban J connectivity index is 2.17. The number of halogens is 4. The van der Waals surface area contributed by atoms with Gasteiger partial charge in [0, 0.05) is 6.07 Å². The van der Waals surface area contributed by atoms with Gasteiger partial charge < -0.3 is 11.5 Å². The number of hydrogen-bond acceptors (Lipinski definition) is 5. The molecule has 1 atom stereocenters. The van der Waals surface area contributed by atoms with E-state index < -0.39 is 28.9 Å². The third-order valence-corrected chi connectivity index (χ3v) is 4.13. The Hall–Kier alpha value is -2.91. The Labute approximate surface area is 152 Å². The molecule has 2 aromatic heterocycles. The minimum Gasteiger partial charge on any atom is -0.383 e. The summed E-state index contributed by atoms with van der Waals surface area (Å²) in [5.74, 6) is -1.17. The standard InChI is InChI=1S/C17H18F4N6/c1-16(2,3)13(8-4-5-9(10(18)6-8)17(19,20)21)14-25-15-24-11(22)7-12(23)27(15)26-14/h4-7,13H,23H2,1-3H3,(H2,22,24,25,26)/t13-/m1/s1. The van der Waals surface area contributed by atoms with Crippen LogP contribution in [-0.4, -0.2) is 19.6 Å². The highest BCUT2D eigenvalue weighted by Crippen LogP contribution is 2.41. The maximum absolute atomic E-state index is 14.1. The number of nitrogens with two attached hydrogens (primary N) is 2. The Morgan fingerprint density at radius 1 is 1.04 bits per heavy atom. The molecule has 1 aromatic carbocycles. The monoisotopic (exact) mass is 382 g/mol. The number of fused-ring (bicyclic) bond motifs is 1. The molecule has 0 radical (unpaired) electrons. The van der Waals surface area contributed by atoms with Crippen LogP contribution in [0.15, 0.2) is 24.3 Å². The van der Waals surface area contributed by atoms with Gasteiger partial charge in [-0.1, -0.05) is 26.8 Å². The lowest BCUT2D eigenvalue weighted by Gasteiger charge is -2.29. The topological polar surface area (TPSA) is 95.1 Å². The molecule has 27 heavy (non-hydrogen) atoms. The quantitative estimate of drug-likeness (QED) is 0.660. The van der Waals surface area contributed by atoms with E-state index >= 15 is 0 Å². The summed E-state index contributed by atoms with van der Waals surface area (Å²) in [5.41, 5.74) is 9.99. The van der Waals surface area contributed by atoms with E-state index in [2.05, 4.69) is 15.1 Å². The van der Waals surface area contributed by atoms with E-state index in [-0.39, 0.29) is 23.2 Å². The highest BCUT2D eigenvalue weighted by atomic mass is 19.4. The van der Waals surface area contributed by atoms with Gasteiger partial charge >= 0.3 is 6.18 Å². The summed E-state index contributed by atoms with van der Waals surface area (Å²) >= 11 is 0. The number of aromatic nitrogens is 4. The van der Waals surface area contributed by atoms with Crippen LogP contribution in [0.3, 0.4) is 0 Å². The number of alkyl halides is 3. The van der Waals surface area contributed by atoms with Crippen molar-refractivity contribution in [3.63, 3.8) is 0 Å². The van der Waals surface area contributed by atoms with Crippen molar-refractivity contribution in [2.45, 2.75) is 32.9 Å². The molecular formula is C17H18F4N6. The van der Waals surface area contributed by atoms with Crippen molar-refractivity contribution >= 4 is 17.4 Å². The predicted molar refractivity (Wildman–Crippen MR) is 92.3 cm³/mol. The maximum Gasteiger partial charge on any atom is 0.419 e. The van der Waals surface area contributed by atoms with Gasteiger partial charge in [-0.05, 0) is 23.1 Å². The van der Waals surface area contributed by atoms with Gasteiger partial charge in [-0.25, -0.2) is 4.39 Å². The van der Waals surface area contributed by atoms with Crippen LogP contribution >= 0.6 is 0 Å². The normalized spacial score (nSPS) is 13.9. The summed E-state index contributed by atoms with van der Waals surface area (Å²) in [6.07, 6.45) is -4.77. The minimum absolute atomic E-state index is 0.157. The molecule has 3 aromatic rings. The molecule has 2 heterocycles. The molecule has 0 aliphatic rings. The summed E-state index contributed by atoms with van der Waals surface area (Å²) in [7, 11) is 0. The van der Waals surface area contributed by atoms with E-state index in [1.54, 1.807) is 0 Å².